The number of nitrogens with zero attached hydrogens (tertiary/aromatic N) is 2. The van der Waals surface area contributed by atoms with E-state index in [2.05, 4.69) is 20.6 Å². The van der Waals surface area contributed by atoms with Crippen LogP contribution >= 0.6 is 0 Å². The van der Waals surface area contributed by atoms with Gasteiger partial charge in [-0.2, -0.15) is 0 Å². The quantitative estimate of drug-likeness (QED) is 0.536. The molecule has 2 N–H and O–H groups in total. The SMILES string of the molecule is CCOc1cc(CNC(=NC)NCC2(CCOC)CCC2)ccn1. The minimum atomic E-state index is 0.367. The Kier molecular flexibility index (Phi) is 7.31. The molecule has 1 aromatic heterocycles. The average molecular weight is 334 g/mol. The summed E-state index contributed by atoms with van der Waals surface area (Å²) in [7, 11) is 3.57. The van der Waals surface area contributed by atoms with E-state index in [4.69, 9.17) is 9.47 Å². The molecule has 1 aliphatic carbocycles. The molecule has 1 heterocycles. The number of hydrogen-bond donors (Lipinski definition) is 2. The van der Waals surface area contributed by atoms with Crippen LogP contribution in [0.4, 0.5) is 0 Å². The molecule has 0 spiro atoms. The fourth-order valence-corrected chi connectivity index (χ4v) is 2.98. The second-order valence-electron chi connectivity index (χ2n) is 6.31. The molecule has 0 radical (unpaired) electrons. The predicted molar refractivity (Wildman–Crippen MR) is 96.4 cm³/mol. The van der Waals surface area contributed by atoms with Crippen molar-refractivity contribution >= 4 is 5.96 Å². The van der Waals surface area contributed by atoms with Crippen LogP contribution < -0.4 is 15.4 Å². The lowest BCUT2D eigenvalue weighted by Crippen LogP contribution is -2.46. The number of aromatic nitrogens is 1. The maximum atomic E-state index is 5.43. The average Bonchev–Trinajstić information content (AvgIpc) is 2.57. The van der Waals surface area contributed by atoms with E-state index < -0.39 is 0 Å². The molecule has 0 aliphatic heterocycles. The van der Waals surface area contributed by atoms with Gasteiger partial charge in [0, 0.05) is 46.1 Å². The largest absolute Gasteiger partial charge is 0.478 e. The highest BCUT2D eigenvalue weighted by Gasteiger charge is 2.36. The van der Waals surface area contributed by atoms with Crippen molar-refractivity contribution in [2.45, 2.75) is 39.2 Å². The van der Waals surface area contributed by atoms with Crippen molar-refractivity contribution in [2.75, 3.05) is 33.9 Å². The zero-order chi connectivity index (χ0) is 17.3. The first-order valence-corrected chi connectivity index (χ1v) is 8.72. The van der Waals surface area contributed by atoms with E-state index >= 15 is 0 Å². The monoisotopic (exact) mass is 334 g/mol. The molecule has 1 aromatic rings. The van der Waals surface area contributed by atoms with Crippen LogP contribution in [0.15, 0.2) is 23.3 Å². The van der Waals surface area contributed by atoms with Crippen molar-refractivity contribution in [3.05, 3.63) is 23.9 Å². The van der Waals surface area contributed by atoms with Crippen molar-refractivity contribution in [3.8, 4) is 5.88 Å². The van der Waals surface area contributed by atoms with Gasteiger partial charge in [0.25, 0.3) is 0 Å². The van der Waals surface area contributed by atoms with Crippen LogP contribution in [0.25, 0.3) is 0 Å². The number of methoxy groups -OCH3 is 1. The van der Waals surface area contributed by atoms with Crippen molar-refractivity contribution in [2.24, 2.45) is 10.4 Å². The number of guanidine groups is 1. The molecule has 1 fully saturated rings. The third kappa shape index (κ3) is 5.37. The maximum absolute atomic E-state index is 5.43. The van der Waals surface area contributed by atoms with Gasteiger partial charge in [-0.25, -0.2) is 4.98 Å². The number of nitrogens with one attached hydrogen (secondary N) is 2. The van der Waals surface area contributed by atoms with Crippen LogP contribution in [0.2, 0.25) is 0 Å². The third-order valence-corrected chi connectivity index (χ3v) is 4.66. The summed E-state index contributed by atoms with van der Waals surface area (Å²) in [5, 5.41) is 6.82. The van der Waals surface area contributed by atoms with E-state index in [1.807, 2.05) is 19.1 Å². The Morgan fingerprint density at radius 3 is 2.83 bits per heavy atom. The first-order valence-electron chi connectivity index (χ1n) is 8.72. The van der Waals surface area contributed by atoms with Crippen LogP contribution in [-0.2, 0) is 11.3 Å². The molecule has 0 aromatic carbocycles. The molecule has 6 heteroatoms. The summed E-state index contributed by atoms with van der Waals surface area (Å²) in [5.74, 6) is 1.49. The normalized spacial score (nSPS) is 16.4. The van der Waals surface area contributed by atoms with Crippen molar-refractivity contribution in [1.29, 1.82) is 0 Å². The smallest absolute Gasteiger partial charge is 0.213 e. The molecule has 0 saturated heterocycles. The molecular formula is C18H30N4O2. The van der Waals surface area contributed by atoms with Crippen LogP contribution in [0.1, 0.15) is 38.2 Å². The van der Waals surface area contributed by atoms with E-state index in [9.17, 15) is 0 Å². The zero-order valence-electron chi connectivity index (χ0n) is 15.1. The van der Waals surface area contributed by atoms with Gasteiger partial charge in [0.15, 0.2) is 5.96 Å². The summed E-state index contributed by atoms with van der Waals surface area (Å²) in [4.78, 5) is 8.50. The highest BCUT2D eigenvalue weighted by atomic mass is 16.5. The van der Waals surface area contributed by atoms with Crippen LogP contribution in [0, 0.1) is 5.41 Å². The summed E-state index contributed by atoms with van der Waals surface area (Å²) < 4.78 is 10.7. The highest BCUT2D eigenvalue weighted by molar-refractivity contribution is 5.79. The summed E-state index contributed by atoms with van der Waals surface area (Å²) in [6.07, 6.45) is 6.72. The zero-order valence-corrected chi connectivity index (χ0v) is 15.1. The predicted octanol–water partition coefficient (Wildman–Crippen LogP) is 2.35. The number of pyridine rings is 1. The maximum Gasteiger partial charge on any atom is 0.213 e. The summed E-state index contributed by atoms with van der Waals surface area (Å²) >= 11 is 0. The Morgan fingerprint density at radius 1 is 1.38 bits per heavy atom. The molecule has 2 rings (SSSR count). The molecule has 6 nitrogen and oxygen atoms in total. The van der Waals surface area contributed by atoms with Gasteiger partial charge in [-0.1, -0.05) is 6.42 Å². The molecular weight excluding hydrogens is 304 g/mol. The van der Waals surface area contributed by atoms with Crippen LogP contribution in [0.3, 0.4) is 0 Å². The Hall–Kier alpha value is -1.82. The Balaban J connectivity index is 1.81. The Labute approximate surface area is 145 Å². The Morgan fingerprint density at radius 2 is 2.21 bits per heavy atom. The van der Waals surface area contributed by atoms with Gasteiger partial charge in [-0.05, 0) is 43.2 Å². The van der Waals surface area contributed by atoms with E-state index in [1.54, 1.807) is 20.4 Å². The Bertz CT molecular complexity index is 530. The van der Waals surface area contributed by atoms with Gasteiger partial charge in [0.1, 0.15) is 0 Å². The number of aliphatic imine (C=N–C) groups is 1. The highest BCUT2D eigenvalue weighted by Crippen LogP contribution is 2.43. The fraction of sp³-hybridized carbons (Fsp3) is 0.667. The molecule has 0 bridgehead atoms. The molecule has 0 atom stereocenters. The van der Waals surface area contributed by atoms with E-state index in [1.165, 1.54) is 19.3 Å². The molecule has 1 saturated carbocycles. The van der Waals surface area contributed by atoms with E-state index in [0.29, 0.717) is 24.4 Å². The topological polar surface area (TPSA) is 67.8 Å². The first kappa shape index (κ1) is 18.5. The lowest BCUT2D eigenvalue weighted by molar-refractivity contribution is 0.0732. The lowest BCUT2D eigenvalue weighted by atomic mass is 9.67. The van der Waals surface area contributed by atoms with Gasteiger partial charge in [0.05, 0.1) is 6.61 Å². The summed E-state index contributed by atoms with van der Waals surface area (Å²) in [5.41, 5.74) is 1.49. The minimum Gasteiger partial charge on any atom is -0.478 e. The van der Waals surface area contributed by atoms with Crippen molar-refractivity contribution in [1.82, 2.24) is 15.6 Å². The number of hydrogen-bond acceptors (Lipinski definition) is 4. The van der Waals surface area contributed by atoms with Gasteiger partial charge >= 0.3 is 0 Å². The van der Waals surface area contributed by atoms with Gasteiger partial charge in [-0.15, -0.1) is 0 Å². The summed E-state index contributed by atoms with van der Waals surface area (Å²) in [6, 6.07) is 3.94. The van der Waals surface area contributed by atoms with E-state index in [0.717, 1.165) is 31.1 Å². The number of ether oxygens (including phenoxy) is 2. The van der Waals surface area contributed by atoms with Gasteiger partial charge in [0.2, 0.25) is 5.88 Å². The summed E-state index contributed by atoms with van der Waals surface area (Å²) in [6.45, 7) is 5.03. The number of rotatable bonds is 9. The van der Waals surface area contributed by atoms with Gasteiger partial charge in [-0.3, -0.25) is 4.99 Å². The standard InChI is InChI=1S/C18H30N4O2/c1-4-24-16-12-15(6-10-20-16)13-21-17(19-2)22-14-18(7-5-8-18)9-11-23-3/h6,10,12H,4-5,7-9,11,13-14H2,1-3H3,(H2,19,21,22). The van der Waals surface area contributed by atoms with Crippen LogP contribution in [0.5, 0.6) is 5.88 Å². The minimum absolute atomic E-state index is 0.367. The second kappa shape index (κ2) is 9.47. The fourth-order valence-electron chi connectivity index (χ4n) is 2.98. The molecule has 24 heavy (non-hydrogen) atoms. The van der Waals surface area contributed by atoms with Crippen molar-refractivity contribution < 1.29 is 9.47 Å². The third-order valence-electron chi connectivity index (χ3n) is 4.66. The molecule has 0 unspecified atom stereocenters. The first-order chi connectivity index (χ1) is 11.7. The van der Waals surface area contributed by atoms with E-state index in [-0.39, 0.29) is 0 Å². The lowest BCUT2D eigenvalue weighted by Gasteiger charge is -2.42. The second-order valence-corrected chi connectivity index (χ2v) is 6.31. The molecule has 0 amide bonds. The van der Waals surface area contributed by atoms with Gasteiger partial charge < -0.3 is 20.1 Å². The molecule has 134 valence electrons. The molecule has 1 aliphatic rings. The van der Waals surface area contributed by atoms with Crippen LogP contribution in [-0.4, -0.2) is 44.9 Å². The van der Waals surface area contributed by atoms with Crippen molar-refractivity contribution in [3.63, 3.8) is 0 Å².